The van der Waals surface area contributed by atoms with Crippen molar-refractivity contribution in [2.24, 2.45) is 0 Å². The summed E-state index contributed by atoms with van der Waals surface area (Å²) in [6.07, 6.45) is 0. The number of nitrogens with one attached hydrogen (secondary N) is 1. The second-order valence-corrected chi connectivity index (χ2v) is 8.78. The van der Waals surface area contributed by atoms with Crippen LogP contribution in [0.1, 0.15) is 35.0 Å². The molecule has 29 heavy (non-hydrogen) atoms. The number of aromatic amines is 1. The van der Waals surface area contributed by atoms with E-state index in [1.54, 1.807) is 34.4 Å². The highest BCUT2D eigenvalue weighted by molar-refractivity contribution is 7.17. The zero-order chi connectivity index (χ0) is 20.5. The number of thiazole rings is 1. The molecule has 1 aromatic carbocycles. The summed E-state index contributed by atoms with van der Waals surface area (Å²) in [5.41, 5.74) is 2.16. The number of hydrogen-bond acceptors (Lipinski definition) is 6. The molecule has 1 N–H and O–H groups in total. The monoisotopic (exact) mass is 424 g/mol. The van der Waals surface area contributed by atoms with Crippen LogP contribution in [0, 0.1) is 6.92 Å². The van der Waals surface area contributed by atoms with Gasteiger partial charge in [-0.2, -0.15) is 11.3 Å². The average Bonchev–Trinajstić information content (AvgIpc) is 3.35. The van der Waals surface area contributed by atoms with Crippen molar-refractivity contribution >= 4 is 39.5 Å². The zero-order valence-electron chi connectivity index (χ0n) is 16.3. The van der Waals surface area contributed by atoms with Crippen LogP contribution in [-0.4, -0.2) is 31.8 Å². The lowest BCUT2D eigenvalue weighted by Crippen LogP contribution is -2.37. The highest BCUT2D eigenvalue weighted by Gasteiger charge is 2.25. The van der Waals surface area contributed by atoms with Crippen LogP contribution in [0.25, 0.3) is 21.5 Å². The first-order chi connectivity index (χ1) is 13.9. The molecule has 3 heterocycles. The van der Waals surface area contributed by atoms with Crippen LogP contribution < -0.4 is 5.56 Å². The Hall–Kier alpha value is -2.84. The number of nitrogens with zero attached hydrogens (tertiary/aromatic N) is 3. The first kappa shape index (κ1) is 19.5. The lowest BCUT2D eigenvalue weighted by molar-refractivity contribution is 0.0689. The molecule has 4 rings (SSSR count). The Balaban J connectivity index is 1.66. The Kier molecular flexibility index (Phi) is 5.29. The second-order valence-electron chi connectivity index (χ2n) is 7.00. The Labute approximate surface area is 175 Å². The Morgan fingerprint density at radius 3 is 2.72 bits per heavy atom. The third-order valence-electron chi connectivity index (χ3n) is 4.63. The van der Waals surface area contributed by atoms with E-state index in [-0.39, 0.29) is 24.1 Å². The fourth-order valence-corrected chi connectivity index (χ4v) is 4.83. The van der Waals surface area contributed by atoms with Crippen LogP contribution in [0.5, 0.6) is 0 Å². The number of amides is 1. The predicted molar refractivity (Wildman–Crippen MR) is 118 cm³/mol. The molecular weight excluding hydrogens is 404 g/mol. The van der Waals surface area contributed by atoms with Crippen LogP contribution in [0.2, 0.25) is 0 Å². The SMILES string of the molecule is Cc1nc(-c2ccsc2)sc1C(=O)N(Cc1nc2ccccc2c(=O)[nH]1)C(C)C. The van der Waals surface area contributed by atoms with Gasteiger partial charge in [0.25, 0.3) is 11.5 Å². The molecule has 8 heteroatoms. The maximum Gasteiger partial charge on any atom is 0.266 e. The minimum absolute atomic E-state index is 0.0645. The van der Waals surface area contributed by atoms with Gasteiger partial charge in [-0.3, -0.25) is 9.59 Å². The molecule has 0 saturated carbocycles. The summed E-state index contributed by atoms with van der Waals surface area (Å²) < 4.78 is 0. The van der Waals surface area contributed by atoms with Gasteiger partial charge in [-0.05, 0) is 44.4 Å². The second kappa shape index (κ2) is 7.88. The van der Waals surface area contributed by atoms with Crippen molar-refractivity contribution in [3.8, 4) is 10.6 Å². The molecule has 0 radical (unpaired) electrons. The van der Waals surface area contributed by atoms with E-state index < -0.39 is 0 Å². The molecule has 0 bridgehead atoms. The van der Waals surface area contributed by atoms with Gasteiger partial charge in [-0.15, -0.1) is 11.3 Å². The summed E-state index contributed by atoms with van der Waals surface area (Å²) in [6, 6.07) is 9.13. The predicted octanol–water partition coefficient (Wildman–Crippen LogP) is 4.47. The molecule has 0 atom stereocenters. The molecule has 0 aliphatic heterocycles. The van der Waals surface area contributed by atoms with Crippen molar-refractivity contribution in [2.45, 2.75) is 33.4 Å². The maximum atomic E-state index is 13.3. The normalized spacial score (nSPS) is 11.3. The fourth-order valence-electron chi connectivity index (χ4n) is 3.09. The molecular formula is C21H20N4O2S2. The van der Waals surface area contributed by atoms with Crippen LogP contribution in [0.4, 0.5) is 0 Å². The smallest absolute Gasteiger partial charge is 0.266 e. The molecule has 6 nitrogen and oxygen atoms in total. The molecule has 0 aliphatic rings. The topological polar surface area (TPSA) is 79.0 Å². The quantitative estimate of drug-likeness (QED) is 0.513. The summed E-state index contributed by atoms with van der Waals surface area (Å²) in [7, 11) is 0. The average molecular weight is 425 g/mol. The molecule has 0 fully saturated rings. The summed E-state index contributed by atoms with van der Waals surface area (Å²) in [4.78, 5) is 40.0. The van der Waals surface area contributed by atoms with Crippen molar-refractivity contribution in [3.05, 3.63) is 67.8 Å². The summed E-state index contributed by atoms with van der Waals surface area (Å²) in [5.74, 6) is 0.364. The summed E-state index contributed by atoms with van der Waals surface area (Å²) in [5, 5.41) is 5.40. The third-order valence-corrected chi connectivity index (χ3v) is 6.50. The first-order valence-corrected chi connectivity index (χ1v) is 11.0. The molecule has 3 aromatic heterocycles. The number of rotatable bonds is 5. The van der Waals surface area contributed by atoms with Crippen LogP contribution in [0.15, 0.2) is 45.9 Å². The number of H-pyrrole nitrogens is 1. The van der Waals surface area contributed by atoms with Gasteiger partial charge in [0.1, 0.15) is 15.7 Å². The van der Waals surface area contributed by atoms with Gasteiger partial charge < -0.3 is 9.88 Å². The molecule has 148 valence electrons. The number of para-hydroxylation sites is 1. The van der Waals surface area contributed by atoms with Gasteiger partial charge in [0.15, 0.2) is 0 Å². The van der Waals surface area contributed by atoms with Crippen LogP contribution in [0.3, 0.4) is 0 Å². The van der Waals surface area contributed by atoms with Crippen molar-refractivity contribution in [3.63, 3.8) is 0 Å². The third kappa shape index (κ3) is 3.86. The van der Waals surface area contributed by atoms with Crippen molar-refractivity contribution in [1.29, 1.82) is 0 Å². The van der Waals surface area contributed by atoms with E-state index in [2.05, 4.69) is 15.0 Å². The van der Waals surface area contributed by atoms with Gasteiger partial charge >= 0.3 is 0 Å². The number of thiophene rings is 1. The first-order valence-electron chi connectivity index (χ1n) is 9.23. The number of aryl methyl sites for hydroxylation is 1. The van der Waals surface area contributed by atoms with E-state index in [0.717, 1.165) is 10.6 Å². The van der Waals surface area contributed by atoms with E-state index in [9.17, 15) is 9.59 Å². The summed E-state index contributed by atoms with van der Waals surface area (Å²) in [6.45, 7) is 5.98. The zero-order valence-corrected chi connectivity index (χ0v) is 17.9. The Bertz CT molecular complexity index is 1230. The minimum Gasteiger partial charge on any atom is -0.328 e. The van der Waals surface area contributed by atoms with Crippen LogP contribution in [-0.2, 0) is 6.54 Å². The van der Waals surface area contributed by atoms with Crippen molar-refractivity contribution in [2.75, 3.05) is 0 Å². The van der Waals surface area contributed by atoms with Gasteiger partial charge in [0, 0.05) is 17.0 Å². The standard InChI is InChI=1S/C21H20N4O2S2/c1-12(2)25(10-17-23-16-7-5-4-6-15(16)19(26)24-17)21(27)18-13(3)22-20(29-18)14-8-9-28-11-14/h4-9,11-12H,10H2,1-3H3,(H,23,24,26). The van der Waals surface area contributed by atoms with Gasteiger partial charge in [-0.1, -0.05) is 12.1 Å². The lowest BCUT2D eigenvalue weighted by Gasteiger charge is -2.26. The van der Waals surface area contributed by atoms with E-state index >= 15 is 0 Å². The number of carbonyl (C=O) groups is 1. The Morgan fingerprint density at radius 1 is 1.21 bits per heavy atom. The molecule has 0 unspecified atom stereocenters. The molecule has 0 spiro atoms. The maximum absolute atomic E-state index is 13.3. The van der Waals surface area contributed by atoms with Crippen LogP contribution >= 0.6 is 22.7 Å². The number of fused-ring (bicyclic) bond motifs is 1. The van der Waals surface area contributed by atoms with Gasteiger partial charge in [0.05, 0.1) is 23.1 Å². The molecule has 0 aliphatic carbocycles. The lowest BCUT2D eigenvalue weighted by atomic mass is 10.2. The molecule has 1 amide bonds. The number of hydrogen-bond donors (Lipinski definition) is 1. The molecule has 0 saturated heterocycles. The highest BCUT2D eigenvalue weighted by Crippen LogP contribution is 2.30. The summed E-state index contributed by atoms with van der Waals surface area (Å²) >= 11 is 3.00. The van der Waals surface area contributed by atoms with Crippen molar-refractivity contribution < 1.29 is 4.79 Å². The van der Waals surface area contributed by atoms with Crippen molar-refractivity contribution in [1.82, 2.24) is 19.9 Å². The largest absolute Gasteiger partial charge is 0.328 e. The van der Waals surface area contributed by atoms with Gasteiger partial charge in [-0.25, -0.2) is 9.97 Å². The molecule has 4 aromatic rings. The van der Waals surface area contributed by atoms with E-state index in [4.69, 9.17) is 0 Å². The number of carbonyl (C=O) groups excluding carboxylic acids is 1. The Morgan fingerprint density at radius 2 is 2.00 bits per heavy atom. The minimum atomic E-state index is -0.199. The van der Waals surface area contributed by atoms with E-state index in [0.29, 0.717) is 27.3 Å². The number of benzene rings is 1. The fraction of sp³-hybridized carbons (Fsp3) is 0.238. The van der Waals surface area contributed by atoms with E-state index in [1.165, 1.54) is 11.3 Å². The highest BCUT2D eigenvalue weighted by atomic mass is 32.1. The number of aromatic nitrogens is 3. The van der Waals surface area contributed by atoms with Gasteiger partial charge in [0.2, 0.25) is 0 Å². The van der Waals surface area contributed by atoms with E-state index in [1.807, 2.05) is 43.7 Å².